The minimum atomic E-state index is 0.253. The smallest absolute Gasteiger partial charge is 0.220 e. The summed E-state index contributed by atoms with van der Waals surface area (Å²) in [6.07, 6.45) is 6.92. The van der Waals surface area contributed by atoms with Crippen molar-refractivity contribution in [1.29, 1.82) is 0 Å². The van der Waals surface area contributed by atoms with Crippen molar-refractivity contribution in [2.24, 2.45) is 5.92 Å². The second-order valence-corrected chi connectivity index (χ2v) is 6.60. The highest BCUT2D eigenvalue weighted by Crippen LogP contribution is 2.25. The summed E-state index contributed by atoms with van der Waals surface area (Å²) >= 11 is 2.01. The molecule has 2 rings (SSSR count). The Labute approximate surface area is 108 Å². The summed E-state index contributed by atoms with van der Waals surface area (Å²) in [6, 6.07) is 0. The molecule has 3 nitrogen and oxygen atoms in total. The van der Waals surface area contributed by atoms with Crippen LogP contribution >= 0.6 is 11.8 Å². The fourth-order valence-electron chi connectivity index (χ4n) is 2.63. The molecule has 0 saturated carbocycles. The summed E-state index contributed by atoms with van der Waals surface area (Å²) < 4.78 is 0. The number of piperidine rings is 1. The lowest BCUT2D eigenvalue weighted by atomic mass is 9.94. The summed E-state index contributed by atoms with van der Waals surface area (Å²) in [5.41, 5.74) is 0. The molecule has 2 atom stereocenters. The highest BCUT2D eigenvalue weighted by Gasteiger charge is 2.17. The first-order valence-electron chi connectivity index (χ1n) is 6.93. The van der Waals surface area contributed by atoms with Crippen molar-refractivity contribution in [3.8, 4) is 0 Å². The maximum Gasteiger partial charge on any atom is 0.220 e. The van der Waals surface area contributed by atoms with Crippen molar-refractivity contribution in [2.45, 2.75) is 43.8 Å². The van der Waals surface area contributed by atoms with Gasteiger partial charge in [0.1, 0.15) is 0 Å². The molecule has 98 valence electrons. The van der Waals surface area contributed by atoms with Crippen molar-refractivity contribution in [3.63, 3.8) is 0 Å². The van der Waals surface area contributed by atoms with Crippen LogP contribution in [0.25, 0.3) is 0 Å². The Bertz CT molecular complexity index is 236. The second kappa shape index (κ2) is 7.27. The van der Waals surface area contributed by atoms with Gasteiger partial charge in [-0.3, -0.25) is 4.79 Å². The first-order chi connectivity index (χ1) is 8.34. The maximum atomic E-state index is 11.7. The molecule has 0 bridgehead atoms. The topological polar surface area (TPSA) is 41.1 Å². The van der Waals surface area contributed by atoms with Crippen LogP contribution in [0.5, 0.6) is 0 Å². The Morgan fingerprint density at radius 2 is 2.29 bits per heavy atom. The molecule has 2 aliphatic rings. The summed E-state index contributed by atoms with van der Waals surface area (Å²) in [7, 11) is 0. The zero-order valence-electron chi connectivity index (χ0n) is 10.5. The van der Waals surface area contributed by atoms with Gasteiger partial charge in [0.2, 0.25) is 5.91 Å². The molecule has 2 N–H and O–H groups in total. The molecule has 4 heteroatoms. The number of carbonyl (C=O) groups excluding carboxylic acids is 1. The predicted octanol–water partition coefficient (Wildman–Crippen LogP) is 1.78. The highest BCUT2D eigenvalue weighted by atomic mass is 32.2. The van der Waals surface area contributed by atoms with E-state index in [-0.39, 0.29) is 5.91 Å². The molecule has 0 aromatic rings. The number of nitrogens with one attached hydrogen (secondary N) is 2. The lowest BCUT2D eigenvalue weighted by Gasteiger charge is -2.22. The third-order valence-electron chi connectivity index (χ3n) is 3.73. The van der Waals surface area contributed by atoms with E-state index in [1.54, 1.807) is 0 Å². The van der Waals surface area contributed by atoms with Gasteiger partial charge in [0.05, 0.1) is 0 Å². The molecule has 0 radical (unpaired) electrons. The van der Waals surface area contributed by atoms with Crippen LogP contribution in [0, 0.1) is 5.92 Å². The van der Waals surface area contributed by atoms with Crippen LogP contribution in [-0.4, -0.2) is 36.5 Å². The monoisotopic (exact) mass is 256 g/mol. The predicted molar refractivity (Wildman–Crippen MR) is 73.3 cm³/mol. The molecule has 0 spiro atoms. The molecule has 0 aromatic heterocycles. The van der Waals surface area contributed by atoms with Gasteiger partial charge in [-0.05, 0) is 56.9 Å². The van der Waals surface area contributed by atoms with Gasteiger partial charge in [-0.1, -0.05) is 0 Å². The highest BCUT2D eigenvalue weighted by molar-refractivity contribution is 8.00. The molecule has 17 heavy (non-hydrogen) atoms. The van der Waals surface area contributed by atoms with Crippen LogP contribution in [0.15, 0.2) is 0 Å². The molecule has 0 aromatic carbocycles. The van der Waals surface area contributed by atoms with Gasteiger partial charge in [0.15, 0.2) is 0 Å². The van der Waals surface area contributed by atoms with Gasteiger partial charge in [-0.15, -0.1) is 0 Å². The minimum Gasteiger partial charge on any atom is -0.355 e. The van der Waals surface area contributed by atoms with Crippen LogP contribution in [0.3, 0.4) is 0 Å². The van der Waals surface area contributed by atoms with Crippen molar-refractivity contribution in [3.05, 3.63) is 0 Å². The Balaban J connectivity index is 1.53. The Kier molecular flexibility index (Phi) is 5.65. The fraction of sp³-hybridized carbons (Fsp3) is 0.923. The van der Waals surface area contributed by atoms with Gasteiger partial charge >= 0.3 is 0 Å². The zero-order chi connectivity index (χ0) is 11.9. The standard InChI is InChI=1S/C13H24N2OS/c16-13(15-10-12-4-2-8-17-12)6-5-11-3-1-7-14-9-11/h11-12,14H,1-10H2,(H,15,16). The largest absolute Gasteiger partial charge is 0.355 e. The number of rotatable bonds is 5. The maximum absolute atomic E-state index is 11.7. The van der Waals surface area contributed by atoms with E-state index >= 15 is 0 Å². The van der Waals surface area contributed by atoms with Crippen LogP contribution < -0.4 is 10.6 Å². The van der Waals surface area contributed by atoms with Crippen LogP contribution in [-0.2, 0) is 4.79 Å². The molecular formula is C13H24N2OS. The average Bonchev–Trinajstić information content (AvgIpc) is 2.88. The van der Waals surface area contributed by atoms with E-state index in [2.05, 4.69) is 10.6 Å². The summed E-state index contributed by atoms with van der Waals surface area (Å²) in [4.78, 5) is 11.7. The molecule has 0 aliphatic carbocycles. The van der Waals surface area contributed by atoms with Crippen LogP contribution in [0.1, 0.15) is 38.5 Å². The number of amides is 1. The first kappa shape index (κ1) is 13.2. The Hall–Kier alpha value is -0.220. The lowest BCUT2D eigenvalue weighted by molar-refractivity contribution is -0.121. The summed E-state index contributed by atoms with van der Waals surface area (Å²) in [5, 5.41) is 7.16. The first-order valence-corrected chi connectivity index (χ1v) is 7.98. The number of hydrogen-bond donors (Lipinski definition) is 2. The number of thioether (sulfide) groups is 1. The molecule has 2 aliphatic heterocycles. The average molecular weight is 256 g/mol. The Morgan fingerprint density at radius 1 is 1.35 bits per heavy atom. The quantitative estimate of drug-likeness (QED) is 0.788. The zero-order valence-corrected chi connectivity index (χ0v) is 11.4. The molecule has 2 fully saturated rings. The Morgan fingerprint density at radius 3 is 3.00 bits per heavy atom. The van der Waals surface area contributed by atoms with Crippen molar-refractivity contribution >= 4 is 17.7 Å². The number of carbonyl (C=O) groups is 1. The third-order valence-corrected chi connectivity index (χ3v) is 5.13. The van der Waals surface area contributed by atoms with E-state index in [0.29, 0.717) is 11.7 Å². The van der Waals surface area contributed by atoms with E-state index < -0.39 is 0 Å². The third kappa shape index (κ3) is 4.88. The molecule has 2 unspecified atom stereocenters. The molecule has 2 heterocycles. The van der Waals surface area contributed by atoms with Gasteiger partial charge in [-0.25, -0.2) is 0 Å². The van der Waals surface area contributed by atoms with E-state index in [9.17, 15) is 4.79 Å². The van der Waals surface area contributed by atoms with E-state index in [1.807, 2.05) is 11.8 Å². The second-order valence-electron chi connectivity index (χ2n) is 5.19. The molecule has 2 saturated heterocycles. The van der Waals surface area contributed by atoms with Gasteiger partial charge in [0, 0.05) is 18.2 Å². The van der Waals surface area contributed by atoms with Gasteiger partial charge < -0.3 is 10.6 Å². The van der Waals surface area contributed by atoms with E-state index in [4.69, 9.17) is 0 Å². The summed E-state index contributed by atoms with van der Waals surface area (Å²) in [6.45, 7) is 3.14. The van der Waals surface area contributed by atoms with Crippen LogP contribution in [0.2, 0.25) is 0 Å². The van der Waals surface area contributed by atoms with E-state index in [1.165, 1.54) is 31.4 Å². The number of hydrogen-bond acceptors (Lipinski definition) is 3. The molecular weight excluding hydrogens is 232 g/mol. The van der Waals surface area contributed by atoms with Gasteiger partial charge in [0.25, 0.3) is 0 Å². The van der Waals surface area contributed by atoms with Gasteiger partial charge in [-0.2, -0.15) is 11.8 Å². The van der Waals surface area contributed by atoms with Crippen molar-refractivity contribution in [1.82, 2.24) is 10.6 Å². The lowest BCUT2D eigenvalue weighted by Crippen LogP contribution is -2.32. The fourth-order valence-corrected chi connectivity index (χ4v) is 3.83. The van der Waals surface area contributed by atoms with Crippen LogP contribution in [0.4, 0.5) is 0 Å². The SMILES string of the molecule is O=C(CCC1CCCNC1)NCC1CCCS1. The van der Waals surface area contributed by atoms with Crippen molar-refractivity contribution in [2.75, 3.05) is 25.4 Å². The van der Waals surface area contributed by atoms with Crippen molar-refractivity contribution < 1.29 is 4.79 Å². The normalized spacial score (nSPS) is 29.2. The van der Waals surface area contributed by atoms with E-state index in [0.717, 1.165) is 32.0 Å². The minimum absolute atomic E-state index is 0.253. The molecule has 1 amide bonds. The summed E-state index contributed by atoms with van der Waals surface area (Å²) in [5.74, 6) is 2.24.